The minimum atomic E-state index is -3.48. The van der Waals surface area contributed by atoms with E-state index in [2.05, 4.69) is 0 Å². The maximum atomic E-state index is 12.3. The van der Waals surface area contributed by atoms with Gasteiger partial charge in [-0.1, -0.05) is 12.1 Å². The number of benzene rings is 1. The van der Waals surface area contributed by atoms with Gasteiger partial charge in [-0.15, -0.1) is 0 Å². The average Bonchev–Trinajstić information content (AvgIpc) is 2.27. The molecular weight excluding hydrogens is 266 g/mol. The lowest BCUT2D eigenvalue weighted by molar-refractivity contribution is -0.151. The van der Waals surface area contributed by atoms with Crippen molar-refractivity contribution in [2.24, 2.45) is 5.92 Å². The van der Waals surface area contributed by atoms with E-state index in [4.69, 9.17) is 4.74 Å². The van der Waals surface area contributed by atoms with Crippen LogP contribution in [0.25, 0.3) is 0 Å². The van der Waals surface area contributed by atoms with Crippen molar-refractivity contribution in [3.63, 3.8) is 0 Å². The number of ether oxygens (including phenoxy) is 1. The summed E-state index contributed by atoms with van der Waals surface area (Å²) in [5, 5.41) is 0. The monoisotopic (exact) mass is 283 g/mol. The summed E-state index contributed by atoms with van der Waals surface area (Å²) in [6.45, 7) is 4.30. The molecule has 1 heterocycles. The molecule has 104 valence electrons. The fraction of sp³-hybridized carbons (Fsp3) is 0.462. The third-order valence-electron chi connectivity index (χ3n) is 3.10. The molecule has 0 unspecified atom stereocenters. The van der Waals surface area contributed by atoms with Gasteiger partial charge in [0.15, 0.2) is 0 Å². The molecule has 1 aromatic rings. The van der Waals surface area contributed by atoms with Gasteiger partial charge in [-0.3, -0.25) is 4.79 Å². The van der Waals surface area contributed by atoms with Crippen LogP contribution in [0.15, 0.2) is 29.2 Å². The van der Waals surface area contributed by atoms with E-state index in [1.807, 2.05) is 13.0 Å². The Morgan fingerprint density at radius 1 is 1.42 bits per heavy atom. The predicted octanol–water partition coefficient (Wildman–Crippen LogP) is 1.18. The fourth-order valence-corrected chi connectivity index (χ4v) is 3.60. The van der Waals surface area contributed by atoms with Crippen LogP contribution in [-0.4, -0.2) is 38.4 Å². The molecular formula is C13H17NO4S. The first kappa shape index (κ1) is 14.0. The molecule has 0 N–H and O–H groups in total. The number of sulfonamides is 1. The Morgan fingerprint density at radius 3 is 2.68 bits per heavy atom. The molecule has 0 radical (unpaired) electrons. The first-order chi connectivity index (χ1) is 8.95. The first-order valence-corrected chi connectivity index (χ1v) is 7.62. The molecule has 1 aliphatic rings. The number of aryl methyl sites for hydroxylation is 1. The van der Waals surface area contributed by atoms with Gasteiger partial charge in [0.2, 0.25) is 10.0 Å². The molecule has 1 aromatic carbocycles. The van der Waals surface area contributed by atoms with E-state index in [0.29, 0.717) is 6.61 Å². The molecule has 0 spiro atoms. The van der Waals surface area contributed by atoms with Gasteiger partial charge in [-0.05, 0) is 31.5 Å². The van der Waals surface area contributed by atoms with Crippen LogP contribution in [0.2, 0.25) is 0 Å². The lowest BCUT2D eigenvalue weighted by Gasteiger charge is -2.36. The minimum absolute atomic E-state index is 0.203. The Labute approximate surface area is 113 Å². The number of hydrogen-bond acceptors (Lipinski definition) is 4. The summed E-state index contributed by atoms with van der Waals surface area (Å²) in [5.74, 6) is -0.655. The summed E-state index contributed by atoms with van der Waals surface area (Å²) >= 11 is 0. The number of nitrogens with zero attached hydrogens (tertiary/aromatic N) is 1. The highest BCUT2D eigenvalue weighted by molar-refractivity contribution is 7.89. The van der Waals surface area contributed by atoms with Gasteiger partial charge < -0.3 is 4.74 Å². The molecule has 2 rings (SSSR count). The van der Waals surface area contributed by atoms with E-state index in [9.17, 15) is 13.2 Å². The summed E-state index contributed by atoms with van der Waals surface area (Å²) in [5.41, 5.74) is 0.892. The van der Waals surface area contributed by atoms with Gasteiger partial charge >= 0.3 is 5.97 Å². The van der Waals surface area contributed by atoms with E-state index in [1.165, 1.54) is 4.31 Å². The van der Waals surface area contributed by atoms with Crippen LogP contribution in [0.1, 0.15) is 12.5 Å². The third-order valence-corrected chi connectivity index (χ3v) is 4.92. The molecule has 6 heteroatoms. The predicted molar refractivity (Wildman–Crippen MR) is 70.1 cm³/mol. The molecule has 0 saturated carbocycles. The summed E-state index contributed by atoms with van der Waals surface area (Å²) in [6.07, 6.45) is 0. The van der Waals surface area contributed by atoms with Crippen molar-refractivity contribution < 1.29 is 17.9 Å². The zero-order valence-electron chi connectivity index (χ0n) is 11.0. The lowest BCUT2D eigenvalue weighted by atomic mass is 10.0. The summed E-state index contributed by atoms with van der Waals surface area (Å²) in [6, 6.07) is 6.76. The molecule has 1 aliphatic heterocycles. The molecule has 1 saturated heterocycles. The van der Waals surface area contributed by atoms with Crippen molar-refractivity contribution in [2.45, 2.75) is 18.7 Å². The maximum Gasteiger partial charge on any atom is 0.311 e. The molecule has 1 fully saturated rings. The number of rotatable bonds is 4. The number of esters is 1. The molecule has 0 aliphatic carbocycles. The summed E-state index contributed by atoms with van der Waals surface area (Å²) < 4.78 is 30.7. The average molecular weight is 283 g/mol. The van der Waals surface area contributed by atoms with Gasteiger partial charge in [-0.2, -0.15) is 4.31 Å². The minimum Gasteiger partial charge on any atom is -0.466 e. The molecule has 0 atom stereocenters. The Bertz CT molecular complexity index is 576. The maximum absolute atomic E-state index is 12.3. The van der Waals surface area contributed by atoms with Crippen LogP contribution >= 0.6 is 0 Å². The highest BCUT2D eigenvalue weighted by atomic mass is 32.2. The van der Waals surface area contributed by atoms with Crippen molar-refractivity contribution in [3.05, 3.63) is 29.8 Å². The Balaban J connectivity index is 2.06. The van der Waals surface area contributed by atoms with Crippen LogP contribution in [0.3, 0.4) is 0 Å². The quantitative estimate of drug-likeness (QED) is 0.778. The largest absolute Gasteiger partial charge is 0.466 e. The summed E-state index contributed by atoms with van der Waals surface area (Å²) in [7, 11) is -3.48. The molecule has 0 amide bonds. The van der Waals surface area contributed by atoms with Crippen molar-refractivity contribution in [1.82, 2.24) is 4.31 Å². The van der Waals surface area contributed by atoms with Crippen LogP contribution < -0.4 is 0 Å². The topological polar surface area (TPSA) is 63.7 Å². The highest BCUT2D eigenvalue weighted by Crippen LogP contribution is 2.26. The van der Waals surface area contributed by atoms with Gasteiger partial charge in [0.1, 0.15) is 0 Å². The van der Waals surface area contributed by atoms with Gasteiger partial charge in [0.05, 0.1) is 17.4 Å². The van der Waals surface area contributed by atoms with E-state index in [0.717, 1.165) is 5.56 Å². The highest BCUT2D eigenvalue weighted by Gasteiger charge is 2.41. The third kappa shape index (κ3) is 2.79. The van der Waals surface area contributed by atoms with Gasteiger partial charge in [0.25, 0.3) is 0 Å². The lowest BCUT2D eigenvalue weighted by Crippen LogP contribution is -2.53. The normalized spacial score (nSPS) is 16.9. The SMILES string of the molecule is CCOC(=O)C1CN(S(=O)(=O)c2cccc(C)c2)C1. The zero-order valence-corrected chi connectivity index (χ0v) is 11.8. The van der Waals surface area contributed by atoms with Crippen LogP contribution in [0.4, 0.5) is 0 Å². The second-order valence-electron chi connectivity index (χ2n) is 4.59. The van der Waals surface area contributed by atoms with E-state index in [-0.39, 0.29) is 29.9 Å². The first-order valence-electron chi connectivity index (χ1n) is 6.18. The second-order valence-corrected chi connectivity index (χ2v) is 6.53. The van der Waals surface area contributed by atoms with Crippen molar-refractivity contribution in [1.29, 1.82) is 0 Å². The number of carbonyl (C=O) groups excluding carboxylic acids is 1. The standard InChI is InChI=1S/C13H17NO4S/c1-3-18-13(15)11-8-14(9-11)19(16,17)12-6-4-5-10(2)7-12/h4-7,11H,3,8-9H2,1-2H3. The summed E-state index contributed by atoms with van der Waals surface area (Å²) in [4.78, 5) is 11.7. The Hall–Kier alpha value is -1.40. The van der Waals surface area contributed by atoms with Gasteiger partial charge in [-0.25, -0.2) is 8.42 Å². The molecule has 5 nitrogen and oxygen atoms in total. The molecule has 0 aromatic heterocycles. The fourth-order valence-electron chi connectivity index (χ4n) is 1.97. The zero-order chi connectivity index (χ0) is 14.0. The smallest absolute Gasteiger partial charge is 0.311 e. The Morgan fingerprint density at radius 2 is 2.11 bits per heavy atom. The van der Waals surface area contributed by atoms with Crippen molar-refractivity contribution in [3.8, 4) is 0 Å². The van der Waals surface area contributed by atoms with Crippen molar-refractivity contribution >= 4 is 16.0 Å². The molecule has 19 heavy (non-hydrogen) atoms. The van der Waals surface area contributed by atoms with E-state index < -0.39 is 10.0 Å². The van der Waals surface area contributed by atoms with E-state index in [1.54, 1.807) is 25.1 Å². The van der Waals surface area contributed by atoms with Gasteiger partial charge in [0, 0.05) is 13.1 Å². The van der Waals surface area contributed by atoms with Crippen LogP contribution in [-0.2, 0) is 19.6 Å². The van der Waals surface area contributed by atoms with Crippen LogP contribution in [0, 0.1) is 12.8 Å². The number of hydrogen-bond donors (Lipinski definition) is 0. The molecule has 0 bridgehead atoms. The second kappa shape index (κ2) is 5.30. The Kier molecular flexibility index (Phi) is 3.91. The van der Waals surface area contributed by atoms with Crippen molar-refractivity contribution in [2.75, 3.05) is 19.7 Å². The van der Waals surface area contributed by atoms with Crippen LogP contribution in [0.5, 0.6) is 0 Å². The van der Waals surface area contributed by atoms with E-state index >= 15 is 0 Å². The number of carbonyl (C=O) groups is 1.